The Morgan fingerprint density at radius 2 is 1.80 bits per heavy atom. The highest BCUT2D eigenvalue weighted by Gasteiger charge is 2.22. The molecule has 2 rings (SSSR count). The number of hydrogen-bond donors (Lipinski definition) is 1. The first kappa shape index (κ1) is 13.3. The van der Waals surface area contributed by atoms with Crippen LogP contribution in [-0.2, 0) is 0 Å². The van der Waals surface area contributed by atoms with Crippen LogP contribution in [0.25, 0.3) is 4.85 Å². The van der Waals surface area contributed by atoms with E-state index in [1.807, 2.05) is 24.3 Å². The summed E-state index contributed by atoms with van der Waals surface area (Å²) in [4.78, 5) is 7.59. The van der Waals surface area contributed by atoms with Crippen LogP contribution in [0.5, 0.6) is 5.75 Å². The van der Waals surface area contributed by atoms with E-state index in [9.17, 15) is 5.11 Å². The van der Waals surface area contributed by atoms with Crippen LogP contribution in [0.3, 0.4) is 0 Å². The lowest BCUT2D eigenvalue weighted by Gasteiger charge is -2.05. The second-order valence-corrected chi connectivity index (χ2v) is 4.01. The molecule has 0 aromatic heterocycles. The summed E-state index contributed by atoms with van der Waals surface area (Å²) in [5.41, 5.74) is 1.37. The zero-order valence-electron chi connectivity index (χ0n) is 10.6. The van der Waals surface area contributed by atoms with E-state index in [4.69, 9.17) is 11.8 Å². The Morgan fingerprint density at radius 1 is 1.15 bits per heavy atom. The number of aliphatic imine (C=N–C) groups is 1. The number of aromatic hydroxyl groups is 1. The predicted octanol–water partition coefficient (Wildman–Crippen LogP) is 3.32. The molecule has 1 N–H and O–H groups in total. The van der Waals surface area contributed by atoms with Crippen LogP contribution < -0.4 is 0 Å². The van der Waals surface area contributed by atoms with Crippen molar-refractivity contribution >= 4 is 11.4 Å². The second kappa shape index (κ2) is 6.17. The molecule has 4 nitrogen and oxygen atoms in total. The molecule has 0 heterocycles. The van der Waals surface area contributed by atoms with Gasteiger partial charge < -0.3 is 5.11 Å². The third-order valence-electron chi connectivity index (χ3n) is 2.70. The lowest BCUT2D eigenvalue weighted by molar-refractivity contribution is 0.477. The van der Waals surface area contributed by atoms with E-state index in [0.29, 0.717) is 17.0 Å². The molecule has 0 fully saturated rings. The smallest absolute Gasteiger partial charge is 0.349 e. The Morgan fingerprint density at radius 3 is 2.40 bits per heavy atom. The zero-order valence-corrected chi connectivity index (χ0v) is 10.6. The van der Waals surface area contributed by atoms with Gasteiger partial charge in [-0.05, 0) is 12.1 Å². The molecule has 0 amide bonds. The number of nitrogens with zero attached hydrogens (tertiary/aromatic N) is 3. The van der Waals surface area contributed by atoms with Crippen LogP contribution >= 0.6 is 0 Å². The van der Waals surface area contributed by atoms with Crippen molar-refractivity contribution < 1.29 is 5.11 Å². The van der Waals surface area contributed by atoms with Gasteiger partial charge in [-0.15, -0.1) is 0 Å². The van der Waals surface area contributed by atoms with E-state index in [2.05, 4.69) is 9.84 Å². The average molecular weight is 261 g/mol. The average Bonchev–Trinajstić information content (AvgIpc) is 2.50. The molecular formula is C16H11N3O. The fourth-order valence-corrected chi connectivity index (χ4v) is 1.73. The first-order chi connectivity index (χ1) is 9.76. The third kappa shape index (κ3) is 2.82. The molecule has 20 heavy (non-hydrogen) atoms. The van der Waals surface area contributed by atoms with E-state index >= 15 is 0 Å². The largest absolute Gasteiger partial charge is 0.506 e. The van der Waals surface area contributed by atoms with Crippen LogP contribution in [0, 0.1) is 17.9 Å². The van der Waals surface area contributed by atoms with Gasteiger partial charge in [0.05, 0.1) is 0 Å². The van der Waals surface area contributed by atoms with Gasteiger partial charge in [-0.25, -0.2) is 11.6 Å². The van der Waals surface area contributed by atoms with Gasteiger partial charge in [0, 0.05) is 5.56 Å². The lowest BCUT2D eigenvalue weighted by atomic mass is 10.0. The molecule has 0 aliphatic heterocycles. The lowest BCUT2D eigenvalue weighted by Crippen LogP contribution is -2.16. The van der Waals surface area contributed by atoms with Crippen molar-refractivity contribution in [1.29, 1.82) is 5.26 Å². The molecule has 0 spiro atoms. The summed E-state index contributed by atoms with van der Waals surface area (Å²) in [7, 11) is 0. The number of phenols is 1. The van der Waals surface area contributed by atoms with Crippen molar-refractivity contribution in [2.45, 2.75) is 6.04 Å². The molecule has 0 bridgehead atoms. The van der Waals surface area contributed by atoms with Crippen molar-refractivity contribution in [3.05, 3.63) is 71.6 Å². The molecule has 4 heteroatoms. The van der Waals surface area contributed by atoms with Crippen LogP contribution in [0.4, 0.5) is 5.69 Å². The maximum atomic E-state index is 9.77. The fourth-order valence-electron chi connectivity index (χ4n) is 1.73. The number of hydrogen-bond acceptors (Lipinski definition) is 3. The molecule has 0 aliphatic carbocycles. The van der Waals surface area contributed by atoms with Crippen LogP contribution in [0.1, 0.15) is 5.56 Å². The minimum Gasteiger partial charge on any atom is -0.506 e. The molecule has 2 aromatic carbocycles. The van der Waals surface area contributed by atoms with Gasteiger partial charge in [-0.2, -0.15) is 5.26 Å². The van der Waals surface area contributed by atoms with Crippen LogP contribution in [-0.4, -0.2) is 16.9 Å². The Kier molecular flexibility index (Phi) is 4.11. The molecule has 96 valence electrons. The minimum atomic E-state index is -1.00. The Bertz CT molecular complexity index is 694. The number of para-hydroxylation sites is 2. The van der Waals surface area contributed by atoms with Crippen LogP contribution in [0.15, 0.2) is 59.6 Å². The first-order valence-corrected chi connectivity index (χ1v) is 5.94. The SMILES string of the molecule is [C-]#[N+]C(C#N)C(=Nc1ccccc1O)c1ccccc1. The summed E-state index contributed by atoms with van der Waals surface area (Å²) < 4.78 is 0. The van der Waals surface area contributed by atoms with Gasteiger partial charge >= 0.3 is 6.04 Å². The molecule has 1 unspecified atom stereocenters. The van der Waals surface area contributed by atoms with Crippen LogP contribution in [0.2, 0.25) is 0 Å². The topological polar surface area (TPSA) is 60.7 Å². The van der Waals surface area contributed by atoms with Crippen molar-refractivity contribution in [3.8, 4) is 11.8 Å². The summed E-state index contributed by atoms with van der Waals surface area (Å²) in [6, 6.07) is 16.5. The summed E-state index contributed by atoms with van der Waals surface area (Å²) in [6.07, 6.45) is 0. The Balaban J connectivity index is 2.57. The number of benzene rings is 2. The van der Waals surface area contributed by atoms with Crippen molar-refractivity contribution in [2.24, 2.45) is 4.99 Å². The highest BCUT2D eigenvalue weighted by molar-refractivity contribution is 6.08. The predicted molar refractivity (Wildman–Crippen MR) is 76.7 cm³/mol. The van der Waals surface area contributed by atoms with Gasteiger partial charge in [0.15, 0.2) is 6.07 Å². The number of rotatable bonds is 3. The standard InChI is InChI=1S/C16H11N3O/c1-18-14(11-17)16(12-7-3-2-4-8-12)19-13-9-5-6-10-15(13)20/h2-10,14,20H. The van der Waals surface area contributed by atoms with Gasteiger partial charge in [-0.3, -0.25) is 4.85 Å². The van der Waals surface area contributed by atoms with E-state index in [1.165, 1.54) is 6.07 Å². The third-order valence-corrected chi connectivity index (χ3v) is 2.70. The Labute approximate surface area is 117 Å². The van der Waals surface area contributed by atoms with Gasteiger partial charge in [0.25, 0.3) is 0 Å². The summed E-state index contributed by atoms with van der Waals surface area (Å²) in [6.45, 7) is 7.12. The highest BCUT2D eigenvalue weighted by Crippen LogP contribution is 2.26. The van der Waals surface area contributed by atoms with Crippen molar-refractivity contribution in [1.82, 2.24) is 0 Å². The van der Waals surface area contributed by atoms with Crippen molar-refractivity contribution in [2.75, 3.05) is 0 Å². The maximum Gasteiger partial charge on any atom is 0.349 e. The van der Waals surface area contributed by atoms with Crippen molar-refractivity contribution in [3.63, 3.8) is 0 Å². The molecule has 0 radical (unpaired) electrons. The highest BCUT2D eigenvalue weighted by atomic mass is 16.3. The first-order valence-electron chi connectivity index (χ1n) is 5.94. The van der Waals surface area contributed by atoms with E-state index < -0.39 is 6.04 Å². The molecule has 1 atom stereocenters. The minimum absolute atomic E-state index is 0.0163. The maximum absolute atomic E-state index is 9.77. The van der Waals surface area contributed by atoms with E-state index in [-0.39, 0.29) is 5.75 Å². The summed E-state index contributed by atoms with van der Waals surface area (Å²) in [5, 5.41) is 18.9. The van der Waals surface area contributed by atoms with Gasteiger partial charge in [-0.1, -0.05) is 42.5 Å². The molecule has 2 aromatic rings. The number of phenolic OH excluding ortho intramolecular Hbond substituents is 1. The second-order valence-electron chi connectivity index (χ2n) is 4.01. The quantitative estimate of drug-likeness (QED) is 0.680. The molecule has 0 aliphatic rings. The normalized spacial score (nSPS) is 12.2. The molecular weight excluding hydrogens is 250 g/mol. The number of nitriles is 1. The van der Waals surface area contributed by atoms with E-state index in [0.717, 1.165) is 0 Å². The molecule has 0 saturated carbocycles. The van der Waals surface area contributed by atoms with E-state index in [1.54, 1.807) is 30.3 Å². The Hall–Kier alpha value is -3.11. The summed E-state index contributed by atoms with van der Waals surface area (Å²) in [5.74, 6) is 0.0163. The summed E-state index contributed by atoms with van der Waals surface area (Å²) >= 11 is 0. The van der Waals surface area contributed by atoms with Gasteiger partial charge in [0.2, 0.25) is 0 Å². The monoisotopic (exact) mass is 261 g/mol. The zero-order chi connectivity index (χ0) is 14.4. The fraction of sp³-hybridized carbons (Fsp3) is 0.0625. The van der Waals surface area contributed by atoms with Gasteiger partial charge in [0.1, 0.15) is 17.1 Å². The molecule has 0 saturated heterocycles.